The molecule has 8 nitrogen and oxygen atoms in total. The summed E-state index contributed by atoms with van der Waals surface area (Å²) in [6.07, 6.45) is 0. The Hall–Kier alpha value is -2.78. The molecule has 3 aromatic rings. The van der Waals surface area contributed by atoms with E-state index >= 15 is 0 Å². The molecule has 3 heterocycles. The van der Waals surface area contributed by atoms with Gasteiger partial charge in [0.15, 0.2) is 0 Å². The quantitative estimate of drug-likeness (QED) is 0.731. The summed E-state index contributed by atoms with van der Waals surface area (Å²) < 4.78 is 6.23. The van der Waals surface area contributed by atoms with E-state index in [1.165, 1.54) is 29.2 Å². The van der Waals surface area contributed by atoms with Crippen LogP contribution in [0.1, 0.15) is 5.69 Å². The molecule has 0 fully saturated rings. The fourth-order valence-electron chi connectivity index (χ4n) is 2.15. The van der Waals surface area contributed by atoms with Crippen LogP contribution in [-0.2, 0) is 9.53 Å². The third-order valence-corrected chi connectivity index (χ3v) is 3.98. The Bertz CT molecular complexity index is 914. The molecule has 0 spiro atoms. The zero-order valence-corrected chi connectivity index (χ0v) is 13.9. The molecule has 0 aliphatic carbocycles. The summed E-state index contributed by atoms with van der Waals surface area (Å²) in [5, 5.41) is 9.10. The smallest absolute Gasteiger partial charge is 0.252 e. The molecule has 0 bridgehead atoms. The Morgan fingerprint density at radius 1 is 1.46 bits per heavy atom. The third-order valence-electron chi connectivity index (χ3n) is 3.08. The van der Waals surface area contributed by atoms with Crippen LogP contribution in [0.5, 0.6) is 0 Å². The van der Waals surface area contributed by atoms with Crippen LogP contribution in [0.25, 0.3) is 16.5 Å². The number of nitrogens with zero attached hydrogens (tertiary/aromatic N) is 3. The largest absolute Gasteiger partial charge is 0.375 e. The molecule has 0 aliphatic heterocycles. The van der Waals surface area contributed by atoms with Gasteiger partial charge in [-0.05, 0) is 18.4 Å². The molecule has 0 radical (unpaired) electrons. The standard InChI is InChI=1S/C15H15N5O3S/c1-9-6-13(21)18-15(16-9)20-12(17-14(22)8-23-2)7-10(19-20)11-4-3-5-24-11/h3-7H,8H2,1-2H3,(H,17,22)(H,16,18,21). The summed E-state index contributed by atoms with van der Waals surface area (Å²) >= 11 is 1.52. The number of rotatable bonds is 5. The van der Waals surface area contributed by atoms with Gasteiger partial charge in [-0.15, -0.1) is 11.3 Å². The number of thiophene rings is 1. The zero-order valence-electron chi connectivity index (χ0n) is 13.1. The predicted octanol–water partition coefficient (Wildman–Crippen LogP) is 1.58. The lowest BCUT2D eigenvalue weighted by molar-refractivity contribution is -0.119. The fourth-order valence-corrected chi connectivity index (χ4v) is 2.83. The van der Waals surface area contributed by atoms with E-state index in [2.05, 4.69) is 20.4 Å². The second-order valence-electron chi connectivity index (χ2n) is 5.00. The van der Waals surface area contributed by atoms with Crippen molar-refractivity contribution in [2.24, 2.45) is 0 Å². The van der Waals surface area contributed by atoms with Crippen molar-refractivity contribution in [1.82, 2.24) is 19.7 Å². The third kappa shape index (κ3) is 3.42. The van der Waals surface area contributed by atoms with Crippen molar-refractivity contribution < 1.29 is 9.53 Å². The molecule has 24 heavy (non-hydrogen) atoms. The molecule has 0 saturated carbocycles. The number of nitrogens with one attached hydrogen (secondary N) is 2. The highest BCUT2D eigenvalue weighted by Gasteiger charge is 2.16. The fraction of sp³-hybridized carbons (Fsp3) is 0.200. The van der Waals surface area contributed by atoms with E-state index < -0.39 is 0 Å². The Labute approximate surface area is 141 Å². The van der Waals surface area contributed by atoms with Gasteiger partial charge in [-0.3, -0.25) is 14.6 Å². The maximum absolute atomic E-state index is 11.9. The van der Waals surface area contributed by atoms with E-state index in [1.807, 2.05) is 17.5 Å². The molecule has 0 aromatic carbocycles. The summed E-state index contributed by atoms with van der Waals surface area (Å²) in [5.41, 5.74) is 0.929. The Morgan fingerprint density at radius 2 is 2.29 bits per heavy atom. The van der Waals surface area contributed by atoms with Gasteiger partial charge in [0.2, 0.25) is 5.95 Å². The van der Waals surface area contributed by atoms with Gasteiger partial charge in [0.1, 0.15) is 18.1 Å². The first-order valence-corrected chi connectivity index (χ1v) is 7.96. The average molecular weight is 345 g/mol. The first-order valence-electron chi connectivity index (χ1n) is 7.08. The van der Waals surface area contributed by atoms with E-state index in [0.29, 0.717) is 17.2 Å². The Kier molecular flexibility index (Phi) is 4.54. The molecule has 124 valence electrons. The predicted molar refractivity (Wildman–Crippen MR) is 90.5 cm³/mol. The molecule has 3 aromatic heterocycles. The number of anilines is 1. The normalized spacial score (nSPS) is 10.8. The minimum absolute atomic E-state index is 0.0860. The maximum atomic E-state index is 11.9. The molecule has 0 saturated heterocycles. The van der Waals surface area contributed by atoms with Gasteiger partial charge in [-0.2, -0.15) is 9.78 Å². The number of hydrogen-bond acceptors (Lipinski definition) is 6. The number of amides is 1. The minimum atomic E-state index is -0.327. The number of aryl methyl sites for hydroxylation is 1. The van der Waals surface area contributed by atoms with Crippen molar-refractivity contribution in [2.45, 2.75) is 6.92 Å². The number of carbonyl (C=O) groups excluding carboxylic acids is 1. The number of aromatic amines is 1. The van der Waals surface area contributed by atoms with Crippen LogP contribution in [0.15, 0.2) is 34.4 Å². The highest BCUT2D eigenvalue weighted by molar-refractivity contribution is 7.13. The maximum Gasteiger partial charge on any atom is 0.252 e. The molecule has 9 heteroatoms. The summed E-state index contributed by atoms with van der Waals surface area (Å²) in [6, 6.07) is 6.94. The van der Waals surface area contributed by atoms with Gasteiger partial charge in [0.05, 0.1) is 4.88 Å². The number of aromatic nitrogens is 4. The summed E-state index contributed by atoms with van der Waals surface area (Å²) in [5.74, 6) is 0.302. The van der Waals surface area contributed by atoms with E-state index in [4.69, 9.17) is 4.74 Å². The van der Waals surface area contributed by atoms with Gasteiger partial charge in [-0.25, -0.2) is 4.98 Å². The van der Waals surface area contributed by atoms with Crippen LogP contribution in [0.3, 0.4) is 0 Å². The second-order valence-corrected chi connectivity index (χ2v) is 5.94. The molecular formula is C15H15N5O3S. The first kappa shape index (κ1) is 16.1. The highest BCUT2D eigenvalue weighted by atomic mass is 32.1. The van der Waals surface area contributed by atoms with Crippen molar-refractivity contribution in [3.63, 3.8) is 0 Å². The van der Waals surface area contributed by atoms with Crippen LogP contribution in [0.2, 0.25) is 0 Å². The highest BCUT2D eigenvalue weighted by Crippen LogP contribution is 2.27. The van der Waals surface area contributed by atoms with E-state index in [-0.39, 0.29) is 24.0 Å². The topological polar surface area (TPSA) is 102 Å². The van der Waals surface area contributed by atoms with Gasteiger partial charge in [-0.1, -0.05) is 6.07 Å². The molecular weight excluding hydrogens is 330 g/mol. The van der Waals surface area contributed by atoms with E-state index in [1.54, 1.807) is 13.0 Å². The lowest BCUT2D eigenvalue weighted by atomic mass is 10.3. The van der Waals surface area contributed by atoms with Gasteiger partial charge < -0.3 is 10.1 Å². The van der Waals surface area contributed by atoms with Gasteiger partial charge in [0, 0.05) is 24.9 Å². The Morgan fingerprint density at radius 3 is 2.96 bits per heavy atom. The molecule has 1 amide bonds. The number of H-pyrrole nitrogens is 1. The van der Waals surface area contributed by atoms with Crippen LogP contribution in [0, 0.1) is 6.92 Å². The monoisotopic (exact) mass is 345 g/mol. The van der Waals surface area contributed by atoms with Crippen LogP contribution >= 0.6 is 11.3 Å². The van der Waals surface area contributed by atoms with Gasteiger partial charge in [0.25, 0.3) is 11.5 Å². The molecule has 0 atom stereocenters. The number of methoxy groups -OCH3 is 1. The van der Waals surface area contributed by atoms with Crippen LogP contribution < -0.4 is 10.9 Å². The van der Waals surface area contributed by atoms with Crippen molar-refractivity contribution >= 4 is 23.1 Å². The molecule has 2 N–H and O–H groups in total. The number of ether oxygens (including phenoxy) is 1. The van der Waals surface area contributed by atoms with Crippen molar-refractivity contribution in [2.75, 3.05) is 19.0 Å². The first-order chi connectivity index (χ1) is 11.6. The second kappa shape index (κ2) is 6.77. The SMILES string of the molecule is COCC(=O)Nc1cc(-c2cccs2)nn1-c1nc(C)cc(=O)[nH]1. The van der Waals surface area contributed by atoms with E-state index in [9.17, 15) is 9.59 Å². The Balaban J connectivity index is 2.08. The lowest BCUT2D eigenvalue weighted by Gasteiger charge is -2.07. The van der Waals surface area contributed by atoms with Crippen molar-refractivity contribution in [3.05, 3.63) is 45.7 Å². The molecule has 0 unspecified atom stereocenters. The van der Waals surface area contributed by atoms with Crippen molar-refractivity contribution in [1.29, 1.82) is 0 Å². The number of carbonyl (C=O) groups is 1. The minimum Gasteiger partial charge on any atom is -0.375 e. The average Bonchev–Trinajstić information content (AvgIpc) is 3.15. The lowest BCUT2D eigenvalue weighted by Crippen LogP contribution is -2.21. The summed E-state index contributed by atoms with van der Waals surface area (Å²) in [4.78, 5) is 31.4. The summed E-state index contributed by atoms with van der Waals surface area (Å²) in [6.45, 7) is 1.63. The van der Waals surface area contributed by atoms with Crippen molar-refractivity contribution in [3.8, 4) is 16.5 Å². The molecule has 0 aliphatic rings. The summed E-state index contributed by atoms with van der Waals surface area (Å²) in [7, 11) is 1.44. The van der Waals surface area contributed by atoms with Gasteiger partial charge >= 0.3 is 0 Å². The van der Waals surface area contributed by atoms with Crippen LogP contribution in [-0.4, -0.2) is 39.4 Å². The van der Waals surface area contributed by atoms with Crippen LogP contribution in [0.4, 0.5) is 5.82 Å². The molecule has 3 rings (SSSR count). The van der Waals surface area contributed by atoms with E-state index in [0.717, 1.165) is 4.88 Å². The zero-order chi connectivity index (χ0) is 17.1. The number of hydrogen-bond donors (Lipinski definition) is 2.